The zero-order valence-electron chi connectivity index (χ0n) is 15.6. The van der Waals surface area contributed by atoms with Crippen molar-refractivity contribution < 1.29 is 13.9 Å². The van der Waals surface area contributed by atoms with E-state index in [-0.39, 0.29) is 18.4 Å². The Morgan fingerprint density at radius 3 is 3.00 bits per heavy atom. The summed E-state index contributed by atoms with van der Waals surface area (Å²) in [5, 5.41) is 4.45. The van der Waals surface area contributed by atoms with E-state index in [4.69, 9.17) is 9.15 Å². The maximum absolute atomic E-state index is 13.0. The molecule has 3 aromatic heterocycles. The van der Waals surface area contributed by atoms with Crippen molar-refractivity contribution in [1.82, 2.24) is 24.5 Å². The molecular weight excluding hydrogens is 346 g/mol. The third-order valence-corrected chi connectivity index (χ3v) is 4.70. The lowest BCUT2D eigenvalue weighted by atomic mass is 10.2. The Hall–Kier alpha value is -2.74. The van der Waals surface area contributed by atoms with E-state index < -0.39 is 0 Å². The predicted octanol–water partition coefficient (Wildman–Crippen LogP) is 2.08. The lowest BCUT2D eigenvalue weighted by Gasteiger charge is -2.24. The van der Waals surface area contributed by atoms with Crippen LogP contribution in [0.25, 0.3) is 5.78 Å². The number of amides is 1. The molecule has 1 atom stereocenters. The van der Waals surface area contributed by atoms with Crippen molar-refractivity contribution in [2.24, 2.45) is 0 Å². The number of ether oxygens (including phenoxy) is 1. The van der Waals surface area contributed by atoms with Gasteiger partial charge in [-0.2, -0.15) is 4.98 Å². The second kappa shape index (κ2) is 7.48. The van der Waals surface area contributed by atoms with Crippen molar-refractivity contribution in [1.29, 1.82) is 0 Å². The van der Waals surface area contributed by atoms with Crippen molar-refractivity contribution in [3.8, 4) is 0 Å². The van der Waals surface area contributed by atoms with Gasteiger partial charge in [0, 0.05) is 24.5 Å². The van der Waals surface area contributed by atoms with Crippen LogP contribution in [-0.4, -0.2) is 49.6 Å². The normalized spacial score (nSPS) is 16.9. The molecule has 1 unspecified atom stereocenters. The summed E-state index contributed by atoms with van der Waals surface area (Å²) < 4.78 is 12.8. The molecule has 1 saturated heterocycles. The van der Waals surface area contributed by atoms with E-state index in [0.29, 0.717) is 24.7 Å². The van der Waals surface area contributed by atoms with Gasteiger partial charge in [0.15, 0.2) is 5.82 Å². The molecule has 0 N–H and O–H groups in total. The highest BCUT2D eigenvalue weighted by Crippen LogP contribution is 2.16. The molecule has 4 rings (SSSR count). The SMILES string of the molecule is Cc1cc(C)n2nc(CC(=O)N(Cc3ccco3)CC3CCCO3)nc2n1. The second-order valence-corrected chi connectivity index (χ2v) is 6.94. The number of carbonyl (C=O) groups excluding carboxylic acids is 1. The van der Waals surface area contributed by atoms with Crippen molar-refractivity contribution >= 4 is 11.7 Å². The van der Waals surface area contributed by atoms with Crippen molar-refractivity contribution in [2.45, 2.75) is 45.8 Å². The molecule has 142 valence electrons. The topological polar surface area (TPSA) is 85.8 Å². The molecule has 1 amide bonds. The van der Waals surface area contributed by atoms with E-state index in [1.165, 1.54) is 0 Å². The number of rotatable bonds is 6. The van der Waals surface area contributed by atoms with E-state index >= 15 is 0 Å². The van der Waals surface area contributed by atoms with E-state index in [1.54, 1.807) is 15.7 Å². The number of aryl methyl sites for hydroxylation is 2. The van der Waals surface area contributed by atoms with Gasteiger partial charge in [0.05, 0.1) is 25.3 Å². The molecule has 1 aliphatic rings. The summed E-state index contributed by atoms with van der Waals surface area (Å²) in [6, 6.07) is 5.63. The van der Waals surface area contributed by atoms with Crippen molar-refractivity contribution in [2.75, 3.05) is 13.2 Å². The standard InChI is InChI=1S/C19H23N5O3/c1-13-9-14(2)24-19(20-13)21-17(22-24)10-18(25)23(11-15-5-3-7-26-15)12-16-6-4-8-27-16/h3,5,7,9,16H,4,6,8,10-12H2,1-2H3. The van der Waals surface area contributed by atoms with Crippen molar-refractivity contribution in [3.63, 3.8) is 0 Å². The van der Waals surface area contributed by atoms with Gasteiger partial charge >= 0.3 is 0 Å². The van der Waals surface area contributed by atoms with Gasteiger partial charge < -0.3 is 14.1 Å². The molecule has 3 aromatic rings. The Morgan fingerprint density at radius 1 is 1.37 bits per heavy atom. The second-order valence-electron chi connectivity index (χ2n) is 6.94. The third-order valence-electron chi connectivity index (χ3n) is 4.70. The molecule has 1 aliphatic heterocycles. The Bertz CT molecular complexity index is 928. The first-order valence-electron chi connectivity index (χ1n) is 9.20. The fraction of sp³-hybridized carbons (Fsp3) is 0.474. The maximum Gasteiger partial charge on any atom is 0.252 e. The van der Waals surface area contributed by atoms with Gasteiger partial charge in [0.25, 0.3) is 5.78 Å². The van der Waals surface area contributed by atoms with Gasteiger partial charge in [0.2, 0.25) is 5.91 Å². The first-order valence-corrected chi connectivity index (χ1v) is 9.20. The minimum absolute atomic E-state index is 0.0489. The molecule has 0 aliphatic carbocycles. The molecule has 8 heteroatoms. The number of carbonyl (C=O) groups is 1. The number of fused-ring (bicyclic) bond motifs is 1. The van der Waals surface area contributed by atoms with Gasteiger partial charge in [-0.1, -0.05) is 0 Å². The largest absolute Gasteiger partial charge is 0.467 e. The number of hydrogen-bond acceptors (Lipinski definition) is 6. The van der Waals surface area contributed by atoms with Crippen LogP contribution in [0.4, 0.5) is 0 Å². The van der Waals surface area contributed by atoms with Crippen LogP contribution < -0.4 is 0 Å². The summed E-state index contributed by atoms with van der Waals surface area (Å²) in [4.78, 5) is 23.6. The van der Waals surface area contributed by atoms with Crippen LogP contribution >= 0.6 is 0 Å². The fourth-order valence-electron chi connectivity index (χ4n) is 3.41. The lowest BCUT2D eigenvalue weighted by Crippen LogP contribution is -2.38. The van der Waals surface area contributed by atoms with Crippen LogP contribution in [-0.2, 0) is 22.5 Å². The molecule has 0 bridgehead atoms. The molecule has 27 heavy (non-hydrogen) atoms. The summed E-state index contributed by atoms with van der Waals surface area (Å²) in [5.41, 5.74) is 1.82. The van der Waals surface area contributed by atoms with Crippen LogP contribution in [0.3, 0.4) is 0 Å². The van der Waals surface area contributed by atoms with Crippen LogP contribution in [0.5, 0.6) is 0 Å². The summed E-state index contributed by atoms with van der Waals surface area (Å²) in [7, 11) is 0. The van der Waals surface area contributed by atoms with Gasteiger partial charge in [-0.25, -0.2) is 9.50 Å². The number of furan rings is 1. The molecular formula is C19H23N5O3. The Balaban J connectivity index is 1.52. The van der Waals surface area contributed by atoms with E-state index in [0.717, 1.165) is 36.6 Å². The Kier molecular flexibility index (Phi) is 4.89. The van der Waals surface area contributed by atoms with Crippen LogP contribution in [0, 0.1) is 13.8 Å². The Labute approximate surface area is 157 Å². The zero-order chi connectivity index (χ0) is 18.8. The van der Waals surface area contributed by atoms with Crippen LogP contribution in [0.2, 0.25) is 0 Å². The first kappa shape index (κ1) is 17.7. The van der Waals surface area contributed by atoms with Gasteiger partial charge in [-0.15, -0.1) is 5.10 Å². The molecule has 0 radical (unpaired) electrons. The quantitative estimate of drug-likeness (QED) is 0.661. The monoisotopic (exact) mass is 369 g/mol. The summed E-state index contributed by atoms with van der Waals surface area (Å²) >= 11 is 0. The van der Waals surface area contributed by atoms with E-state index in [9.17, 15) is 4.79 Å². The van der Waals surface area contributed by atoms with Crippen LogP contribution in [0.15, 0.2) is 28.9 Å². The average Bonchev–Trinajstić information content (AvgIpc) is 3.35. The molecule has 8 nitrogen and oxygen atoms in total. The number of nitrogens with zero attached hydrogens (tertiary/aromatic N) is 5. The predicted molar refractivity (Wildman–Crippen MR) is 97.1 cm³/mol. The summed E-state index contributed by atoms with van der Waals surface area (Å²) in [6.07, 6.45) is 3.81. The lowest BCUT2D eigenvalue weighted by molar-refractivity contribution is -0.133. The minimum Gasteiger partial charge on any atom is -0.467 e. The number of hydrogen-bond donors (Lipinski definition) is 0. The molecule has 0 aromatic carbocycles. The first-order chi connectivity index (χ1) is 13.1. The molecule has 1 fully saturated rings. The molecule has 0 saturated carbocycles. The van der Waals surface area contributed by atoms with E-state index in [1.807, 2.05) is 32.0 Å². The third kappa shape index (κ3) is 4.00. The highest BCUT2D eigenvalue weighted by molar-refractivity contribution is 5.78. The minimum atomic E-state index is -0.0489. The fourth-order valence-corrected chi connectivity index (χ4v) is 3.41. The maximum atomic E-state index is 13.0. The zero-order valence-corrected chi connectivity index (χ0v) is 15.6. The smallest absolute Gasteiger partial charge is 0.252 e. The van der Waals surface area contributed by atoms with Gasteiger partial charge in [-0.05, 0) is 44.9 Å². The average molecular weight is 369 g/mol. The highest BCUT2D eigenvalue weighted by atomic mass is 16.5. The highest BCUT2D eigenvalue weighted by Gasteiger charge is 2.24. The Morgan fingerprint density at radius 2 is 2.26 bits per heavy atom. The van der Waals surface area contributed by atoms with Crippen molar-refractivity contribution in [3.05, 3.63) is 47.4 Å². The van der Waals surface area contributed by atoms with Gasteiger partial charge in [-0.3, -0.25) is 4.79 Å². The van der Waals surface area contributed by atoms with E-state index in [2.05, 4.69) is 15.1 Å². The summed E-state index contributed by atoms with van der Waals surface area (Å²) in [6.45, 7) is 5.58. The van der Waals surface area contributed by atoms with Gasteiger partial charge in [0.1, 0.15) is 5.76 Å². The van der Waals surface area contributed by atoms with Crippen LogP contribution in [0.1, 0.15) is 35.8 Å². The summed E-state index contributed by atoms with van der Waals surface area (Å²) in [5.74, 6) is 1.69. The number of aromatic nitrogens is 4. The molecule has 0 spiro atoms. The molecule has 4 heterocycles.